The number of hydrogen-bond donors (Lipinski definition) is 1. The normalized spacial score (nSPS) is 22.2. The van der Waals surface area contributed by atoms with Gasteiger partial charge in [0.15, 0.2) is 6.10 Å². The highest BCUT2D eigenvalue weighted by Crippen LogP contribution is 2.13. The molecule has 1 unspecified atom stereocenters. The van der Waals surface area contributed by atoms with E-state index in [0.29, 0.717) is 0 Å². The van der Waals surface area contributed by atoms with Crippen molar-refractivity contribution in [3.05, 3.63) is 12.2 Å². The zero-order valence-electron chi connectivity index (χ0n) is 5.57. The van der Waals surface area contributed by atoms with Crippen LogP contribution in [-0.4, -0.2) is 29.9 Å². The Morgan fingerprint density at radius 2 is 2.36 bits per heavy atom. The lowest BCUT2D eigenvalue weighted by molar-refractivity contribution is -0.133. The molecule has 0 aromatic carbocycles. The second-order valence-electron chi connectivity index (χ2n) is 2.00. The van der Waals surface area contributed by atoms with Crippen LogP contribution in [0.1, 0.15) is 0 Å². The van der Waals surface area contributed by atoms with Crippen LogP contribution >= 0.6 is 0 Å². The zero-order valence-corrected chi connectivity index (χ0v) is 5.57. The summed E-state index contributed by atoms with van der Waals surface area (Å²) >= 11 is 0. The molecule has 60 valence electrons. The predicted octanol–water partition coefficient (Wildman–Crippen LogP) is 0.163. The molecule has 5 heteroatoms. The molecular weight excluding hydrogens is 152 g/mol. The van der Waals surface area contributed by atoms with E-state index in [4.69, 9.17) is 5.11 Å². The molecule has 0 spiro atoms. The molecule has 0 aromatic rings. The molecule has 0 bridgehead atoms. The van der Waals surface area contributed by atoms with Gasteiger partial charge in [0, 0.05) is 0 Å². The summed E-state index contributed by atoms with van der Waals surface area (Å²) in [6, 6.07) is 0. The van der Waals surface area contributed by atoms with E-state index in [2.05, 4.69) is 16.1 Å². The third-order valence-electron chi connectivity index (χ3n) is 1.25. The summed E-state index contributed by atoms with van der Waals surface area (Å²) in [5.74, 6) is -1.19. The molecule has 1 atom stereocenters. The minimum Gasteiger partial charge on any atom is -0.478 e. The number of carbonyl (C=O) groups is 2. The molecule has 1 rings (SSSR count). The largest absolute Gasteiger partial charge is 0.509 e. The van der Waals surface area contributed by atoms with E-state index in [1.54, 1.807) is 0 Å². The van der Waals surface area contributed by atoms with Crippen molar-refractivity contribution in [2.75, 3.05) is 6.61 Å². The van der Waals surface area contributed by atoms with Gasteiger partial charge in [-0.05, 0) is 0 Å². The smallest absolute Gasteiger partial charge is 0.478 e. The number of carbonyl (C=O) groups excluding carboxylic acids is 1. The molecule has 1 aliphatic heterocycles. The van der Waals surface area contributed by atoms with Crippen molar-refractivity contribution in [1.29, 1.82) is 0 Å². The van der Waals surface area contributed by atoms with Crippen molar-refractivity contribution in [3.63, 3.8) is 0 Å². The molecular formula is C6H6O5. The lowest BCUT2D eigenvalue weighted by atomic mass is 10.2. The zero-order chi connectivity index (χ0) is 8.43. The Labute approximate surface area is 62.2 Å². The number of hydrogen-bond acceptors (Lipinski definition) is 4. The quantitative estimate of drug-likeness (QED) is 0.457. The maximum absolute atomic E-state index is 10.3. The van der Waals surface area contributed by atoms with Crippen LogP contribution in [0, 0.1) is 0 Å². The Morgan fingerprint density at radius 3 is 2.73 bits per heavy atom. The van der Waals surface area contributed by atoms with E-state index in [1.807, 2.05) is 0 Å². The summed E-state index contributed by atoms with van der Waals surface area (Å²) in [5, 5.41) is 8.38. The second kappa shape index (κ2) is 2.61. The van der Waals surface area contributed by atoms with Gasteiger partial charge < -0.3 is 14.6 Å². The minimum atomic E-state index is -1.19. The fraction of sp³-hybridized carbons (Fsp3) is 0.333. The van der Waals surface area contributed by atoms with Crippen LogP contribution in [0.3, 0.4) is 0 Å². The summed E-state index contributed by atoms with van der Waals surface area (Å²) in [6.45, 7) is 3.15. The van der Waals surface area contributed by atoms with E-state index in [9.17, 15) is 9.59 Å². The van der Waals surface area contributed by atoms with Gasteiger partial charge in [-0.15, -0.1) is 0 Å². The highest BCUT2D eigenvalue weighted by atomic mass is 16.8. The number of ether oxygens (including phenoxy) is 2. The molecule has 1 aliphatic rings. The highest BCUT2D eigenvalue weighted by molar-refractivity contribution is 5.87. The first kappa shape index (κ1) is 7.59. The minimum absolute atomic E-state index is 0.0655. The first-order chi connectivity index (χ1) is 5.11. The summed E-state index contributed by atoms with van der Waals surface area (Å²) in [6.07, 6.45) is -1.68. The van der Waals surface area contributed by atoms with Gasteiger partial charge in [-0.3, -0.25) is 0 Å². The molecule has 0 aromatic heterocycles. The first-order valence-corrected chi connectivity index (χ1v) is 2.86. The number of cyclic esters (lactones) is 2. The molecule has 11 heavy (non-hydrogen) atoms. The molecule has 5 nitrogen and oxygen atoms in total. The Hall–Kier alpha value is -1.52. The summed E-state index contributed by atoms with van der Waals surface area (Å²) < 4.78 is 8.79. The molecule has 1 heterocycles. The lowest BCUT2D eigenvalue weighted by Gasteiger charge is -2.03. The second-order valence-corrected chi connectivity index (χ2v) is 2.00. The van der Waals surface area contributed by atoms with Crippen LogP contribution in [0.25, 0.3) is 0 Å². The third-order valence-corrected chi connectivity index (χ3v) is 1.25. The molecule has 1 saturated heterocycles. The maximum atomic E-state index is 10.3. The van der Waals surface area contributed by atoms with Gasteiger partial charge >= 0.3 is 12.1 Å². The Balaban J connectivity index is 2.56. The molecule has 0 amide bonds. The van der Waals surface area contributed by atoms with Crippen molar-refractivity contribution in [2.45, 2.75) is 6.10 Å². The van der Waals surface area contributed by atoms with Gasteiger partial charge in [-0.1, -0.05) is 6.58 Å². The van der Waals surface area contributed by atoms with E-state index in [0.717, 1.165) is 0 Å². The first-order valence-electron chi connectivity index (χ1n) is 2.86. The van der Waals surface area contributed by atoms with E-state index >= 15 is 0 Å². The average molecular weight is 158 g/mol. The Bertz CT molecular complexity index is 219. The topological polar surface area (TPSA) is 72.8 Å². The number of rotatable bonds is 2. The third kappa shape index (κ3) is 1.49. The van der Waals surface area contributed by atoms with Crippen LogP contribution in [-0.2, 0) is 14.3 Å². The Kier molecular flexibility index (Phi) is 1.80. The van der Waals surface area contributed by atoms with Crippen LogP contribution in [0.5, 0.6) is 0 Å². The number of aliphatic carboxylic acids is 1. The van der Waals surface area contributed by atoms with Crippen molar-refractivity contribution >= 4 is 12.1 Å². The van der Waals surface area contributed by atoms with Crippen LogP contribution < -0.4 is 0 Å². The summed E-state index contributed by atoms with van der Waals surface area (Å²) in [4.78, 5) is 20.5. The van der Waals surface area contributed by atoms with Crippen LogP contribution in [0.4, 0.5) is 4.79 Å². The van der Waals surface area contributed by atoms with Gasteiger partial charge in [0.05, 0.1) is 5.57 Å². The maximum Gasteiger partial charge on any atom is 0.509 e. The van der Waals surface area contributed by atoms with Crippen LogP contribution in [0.2, 0.25) is 0 Å². The van der Waals surface area contributed by atoms with E-state index in [1.165, 1.54) is 0 Å². The van der Waals surface area contributed by atoms with Crippen molar-refractivity contribution in [2.24, 2.45) is 0 Å². The fourth-order valence-electron chi connectivity index (χ4n) is 0.637. The Morgan fingerprint density at radius 1 is 1.73 bits per heavy atom. The molecule has 1 fully saturated rings. The van der Waals surface area contributed by atoms with Crippen LogP contribution in [0.15, 0.2) is 12.2 Å². The summed E-state index contributed by atoms with van der Waals surface area (Å²) in [7, 11) is 0. The standard InChI is InChI=1S/C6H6O5/c1-3(5(7)8)4-2-10-6(9)11-4/h4H,1-2H2,(H,7,8). The lowest BCUT2D eigenvalue weighted by Crippen LogP contribution is -2.18. The molecule has 0 saturated carbocycles. The monoisotopic (exact) mass is 158 g/mol. The highest BCUT2D eigenvalue weighted by Gasteiger charge is 2.30. The molecule has 1 N–H and O–H groups in total. The van der Waals surface area contributed by atoms with Crippen molar-refractivity contribution < 1.29 is 24.2 Å². The van der Waals surface area contributed by atoms with Crippen molar-refractivity contribution in [3.8, 4) is 0 Å². The predicted molar refractivity (Wildman–Crippen MR) is 33.0 cm³/mol. The fourth-order valence-corrected chi connectivity index (χ4v) is 0.637. The molecule has 0 aliphatic carbocycles. The van der Waals surface area contributed by atoms with E-state index in [-0.39, 0.29) is 12.2 Å². The summed E-state index contributed by atoms with van der Waals surface area (Å²) in [5.41, 5.74) is -0.171. The van der Waals surface area contributed by atoms with Gasteiger partial charge in [-0.25, -0.2) is 9.59 Å². The molecule has 0 radical (unpaired) electrons. The number of carboxylic acids is 1. The SMILES string of the molecule is C=C(C(=O)O)C1COC(=O)O1. The van der Waals surface area contributed by atoms with E-state index < -0.39 is 18.2 Å². The van der Waals surface area contributed by atoms with Gasteiger partial charge in [-0.2, -0.15) is 0 Å². The van der Waals surface area contributed by atoms with Crippen molar-refractivity contribution in [1.82, 2.24) is 0 Å². The number of carboxylic acid groups (broad SMARTS) is 1. The average Bonchev–Trinajstić information content (AvgIpc) is 2.34. The van der Waals surface area contributed by atoms with Gasteiger partial charge in [0.1, 0.15) is 6.61 Å². The van der Waals surface area contributed by atoms with Gasteiger partial charge in [0.25, 0.3) is 0 Å². The van der Waals surface area contributed by atoms with Gasteiger partial charge in [0.2, 0.25) is 0 Å².